The van der Waals surface area contributed by atoms with E-state index in [-0.39, 0.29) is 5.57 Å². The highest BCUT2D eigenvalue weighted by Gasteiger charge is 2.40. The number of hydrogen-bond donors (Lipinski definition) is 1. The van der Waals surface area contributed by atoms with Crippen LogP contribution in [0, 0.1) is 0 Å². The zero-order chi connectivity index (χ0) is 22.0. The zero-order valence-electron chi connectivity index (χ0n) is 17.9. The molecular weight excluding hydrogens is 394 g/mol. The van der Waals surface area contributed by atoms with E-state index in [2.05, 4.69) is 16.8 Å². The normalized spacial score (nSPS) is 18.2. The van der Waals surface area contributed by atoms with E-state index in [9.17, 15) is 14.7 Å². The molecule has 4 rings (SSSR count). The molecule has 31 heavy (non-hydrogen) atoms. The molecular formula is C24H27N3O4. The van der Waals surface area contributed by atoms with E-state index in [4.69, 9.17) is 4.74 Å². The van der Waals surface area contributed by atoms with Crippen LogP contribution < -0.4 is 9.64 Å². The molecule has 2 aromatic rings. The zero-order valence-corrected chi connectivity index (χ0v) is 17.9. The van der Waals surface area contributed by atoms with E-state index in [0.717, 1.165) is 43.2 Å². The Bertz CT molecular complexity index is 990. The number of anilines is 1. The summed E-state index contributed by atoms with van der Waals surface area (Å²) in [4.78, 5) is 31.4. The molecule has 0 unspecified atom stereocenters. The van der Waals surface area contributed by atoms with Gasteiger partial charge in [0.15, 0.2) is 5.76 Å². The van der Waals surface area contributed by atoms with Crippen molar-refractivity contribution in [3.05, 3.63) is 65.4 Å². The van der Waals surface area contributed by atoms with Crippen LogP contribution in [-0.4, -0.2) is 66.6 Å². The molecule has 162 valence electrons. The maximum absolute atomic E-state index is 13.0. The molecule has 0 spiro atoms. The van der Waals surface area contributed by atoms with Gasteiger partial charge in [-0.15, -0.1) is 0 Å². The van der Waals surface area contributed by atoms with Crippen LogP contribution in [0.1, 0.15) is 18.1 Å². The largest absolute Gasteiger partial charge is 0.502 e. The number of amides is 2. The van der Waals surface area contributed by atoms with Crippen molar-refractivity contribution >= 4 is 23.1 Å². The number of hydrogen-bond acceptors (Lipinski definition) is 6. The monoisotopic (exact) mass is 421 g/mol. The maximum atomic E-state index is 13.0. The fraction of sp³-hybridized carbons (Fsp3) is 0.333. The number of aliphatic hydroxyl groups excluding tert-OH is 1. The van der Waals surface area contributed by atoms with Gasteiger partial charge in [0.2, 0.25) is 0 Å². The molecule has 0 bridgehead atoms. The van der Waals surface area contributed by atoms with E-state index in [1.54, 1.807) is 36.4 Å². The molecule has 2 aliphatic rings. The minimum absolute atomic E-state index is 0.00885. The lowest BCUT2D eigenvalue weighted by Crippen LogP contribution is -2.43. The highest BCUT2D eigenvalue weighted by Crippen LogP contribution is 2.32. The number of ether oxygens (including phenoxy) is 1. The summed E-state index contributed by atoms with van der Waals surface area (Å²) in [6.45, 7) is 7.38. The van der Waals surface area contributed by atoms with Gasteiger partial charge >= 0.3 is 5.91 Å². The molecule has 0 saturated carbocycles. The van der Waals surface area contributed by atoms with Crippen LogP contribution in [0.3, 0.4) is 0 Å². The highest BCUT2D eigenvalue weighted by molar-refractivity contribution is 6.44. The van der Waals surface area contributed by atoms with Gasteiger partial charge in [-0.1, -0.05) is 24.3 Å². The van der Waals surface area contributed by atoms with Gasteiger partial charge in [0.05, 0.1) is 17.9 Å². The predicted molar refractivity (Wildman–Crippen MR) is 119 cm³/mol. The van der Waals surface area contributed by atoms with Gasteiger partial charge in [0.1, 0.15) is 5.75 Å². The van der Waals surface area contributed by atoms with Gasteiger partial charge in [-0.2, -0.15) is 0 Å². The topological polar surface area (TPSA) is 73.3 Å². The second kappa shape index (κ2) is 8.91. The number of benzene rings is 2. The van der Waals surface area contributed by atoms with Crippen LogP contribution in [0.5, 0.6) is 5.75 Å². The lowest BCUT2D eigenvalue weighted by Gasteiger charge is -2.32. The molecule has 1 saturated heterocycles. The quantitative estimate of drug-likeness (QED) is 0.723. The Morgan fingerprint density at radius 1 is 0.903 bits per heavy atom. The van der Waals surface area contributed by atoms with E-state index >= 15 is 0 Å². The first-order valence-corrected chi connectivity index (χ1v) is 10.5. The van der Waals surface area contributed by atoms with E-state index in [1.807, 2.05) is 19.1 Å². The van der Waals surface area contributed by atoms with Gasteiger partial charge in [-0.3, -0.25) is 14.5 Å². The molecule has 0 aliphatic carbocycles. The van der Waals surface area contributed by atoms with Crippen molar-refractivity contribution in [2.24, 2.45) is 0 Å². The number of carbonyl (C=O) groups excluding carboxylic acids is 2. The van der Waals surface area contributed by atoms with Crippen LogP contribution in [0.2, 0.25) is 0 Å². The van der Waals surface area contributed by atoms with E-state index in [0.29, 0.717) is 23.6 Å². The number of likely N-dealkylation sites (N-methyl/N-ethyl adjacent to an activating group) is 1. The molecule has 7 heteroatoms. The fourth-order valence-electron chi connectivity index (χ4n) is 3.91. The van der Waals surface area contributed by atoms with Crippen molar-refractivity contribution < 1.29 is 19.4 Å². The smallest absolute Gasteiger partial charge is 0.301 e. The van der Waals surface area contributed by atoms with Crippen molar-refractivity contribution in [2.45, 2.75) is 13.5 Å². The SMILES string of the molecule is CCOc1ccc(C2=C(O)C(=O)N(c3ccc(CN4CCN(C)CC4)cc3)C2=O)cc1. The Balaban J connectivity index is 1.49. The van der Waals surface area contributed by atoms with Gasteiger partial charge < -0.3 is 14.7 Å². The summed E-state index contributed by atoms with van der Waals surface area (Å²) < 4.78 is 5.41. The third kappa shape index (κ3) is 4.33. The van der Waals surface area contributed by atoms with Gasteiger partial charge in [0, 0.05) is 32.7 Å². The first-order chi connectivity index (χ1) is 15.0. The van der Waals surface area contributed by atoms with Crippen LogP contribution in [0.15, 0.2) is 54.3 Å². The molecule has 2 heterocycles. The van der Waals surface area contributed by atoms with Crippen LogP contribution >= 0.6 is 0 Å². The lowest BCUT2D eigenvalue weighted by molar-refractivity contribution is -0.121. The fourth-order valence-corrected chi connectivity index (χ4v) is 3.91. The van der Waals surface area contributed by atoms with Gasteiger partial charge in [-0.25, -0.2) is 4.90 Å². The number of carbonyl (C=O) groups is 2. The summed E-state index contributed by atoms with van der Waals surface area (Å²) in [6.07, 6.45) is 0. The molecule has 0 aromatic heterocycles. The van der Waals surface area contributed by atoms with Gasteiger partial charge in [0.25, 0.3) is 5.91 Å². The van der Waals surface area contributed by atoms with Crippen LogP contribution in [0.4, 0.5) is 5.69 Å². The van der Waals surface area contributed by atoms with Crippen molar-refractivity contribution in [1.29, 1.82) is 0 Å². The average Bonchev–Trinajstić information content (AvgIpc) is 3.00. The second-order valence-electron chi connectivity index (χ2n) is 7.87. The van der Waals surface area contributed by atoms with Crippen molar-refractivity contribution in [2.75, 3.05) is 44.7 Å². The standard InChI is InChI=1S/C24H27N3O4/c1-3-31-20-10-6-18(7-11-20)21-22(28)24(30)27(23(21)29)19-8-4-17(5-9-19)16-26-14-12-25(2)13-15-26/h4-11,28H,3,12-16H2,1-2H3. The van der Waals surface area contributed by atoms with Crippen molar-refractivity contribution in [1.82, 2.24) is 9.80 Å². The average molecular weight is 421 g/mol. The number of piperazine rings is 1. The Morgan fingerprint density at radius 2 is 1.55 bits per heavy atom. The number of imide groups is 1. The van der Waals surface area contributed by atoms with E-state index in [1.165, 1.54) is 0 Å². The number of nitrogens with zero attached hydrogens (tertiary/aromatic N) is 3. The van der Waals surface area contributed by atoms with Crippen molar-refractivity contribution in [3.63, 3.8) is 0 Å². The van der Waals surface area contributed by atoms with Crippen LogP contribution in [0.25, 0.3) is 5.57 Å². The molecule has 0 radical (unpaired) electrons. The van der Waals surface area contributed by atoms with Gasteiger partial charge in [-0.05, 0) is 49.4 Å². The predicted octanol–water partition coefficient (Wildman–Crippen LogP) is 2.68. The molecule has 7 nitrogen and oxygen atoms in total. The first-order valence-electron chi connectivity index (χ1n) is 10.5. The molecule has 2 amide bonds. The molecule has 2 aromatic carbocycles. The van der Waals surface area contributed by atoms with Crippen LogP contribution in [-0.2, 0) is 16.1 Å². The number of rotatable bonds is 6. The second-order valence-corrected chi connectivity index (χ2v) is 7.87. The summed E-state index contributed by atoms with van der Waals surface area (Å²) in [7, 11) is 2.13. The maximum Gasteiger partial charge on any atom is 0.301 e. The summed E-state index contributed by atoms with van der Waals surface area (Å²) in [5.74, 6) is -1.11. The van der Waals surface area contributed by atoms with E-state index < -0.39 is 17.6 Å². The molecule has 1 N–H and O–H groups in total. The summed E-state index contributed by atoms with van der Waals surface area (Å²) in [6, 6.07) is 14.2. The third-order valence-corrected chi connectivity index (χ3v) is 5.71. The highest BCUT2D eigenvalue weighted by atomic mass is 16.5. The minimum Gasteiger partial charge on any atom is -0.502 e. The lowest BCUT2D eigenvalue weighted by atomic mass is 10.1. The van der Waals surface area contributed by atoms with Crippen molar-refractivity contribution in [3.8, 4) is 5.75 Å². The summed E-state index contributed by atoms with van der Waals surface area (Å²) in [5.41, 5.74) is 2.06. The molecule has 2 aliphatic heterocycles. The Kier molecular flexibility index (Phi) is 6.06. The number of aliphatic hydroxyl groups is 1. The Hall–Kier alpha value is -3.16. The first kappa shape index (κ1) is 21.1. The molecule has 0 atom stereocenters. The third-order valence-electron chi connectivity index (χ3n) is 5.71. The molecule has 1 fully saturated rings. The Labute approximate surface area is 182 Å². The Morgan fingerprint density at radius 3 is 2.16 bits per heavy atom. The minimum atomic E-state index is -0.708. The summed E-state index contributed by atoms with van der Waals surface area (Å²) in [5, 5.41) is 10.4. The summed E-state index contributed by atoms with van der Waals surface area (Å²) >= 11 is 0.